The Morgan fingerprint density at radius 1 is 1.62 bits per heavy atom. The first kappa shape index (κ1) is 12.9. The topological polar surface area (TPSA) is 46.3 Å². The minimum absolute atomic E-state index is 0.0504. The van der Waals surface area contributed by atoms with E-state index in [1.807, 2.05) is 6.92 Å². The van der Waals surface area contributed by atoms with E-state index in [2.05, 4.69) is 0 Å². The van der Waals surface area contributed by atoms with E-state index in [1.165, 1.54) is 6.07 Å². The van der Waals surface area contributed by atoms with Gasteiger partial charge < -0.3 is 5.73 Å². The number of hydrogen-bond acceptors (Lipinski definition) is 2. The molecule has 2 N–H and O–H groups in total. The molecular weight excluding hydrogens is 231 g/mol. The summed E-state index contributed by atoms with van der Waals surface area (Å²) in [6, 6.07) is 4.46. The summed E-state index contributed by atoms with van der Waals surface area (Å²) in [6.07, 6.45) is 0. The van der Waals surface area contributed by atoms with Crippen LogP contribution in [0.5, 0.6) is 0 Å². The molecule has 0 aromatic heterocycles. The minimum atomic E-state index is -0.449. The van der Waals surface area contributed by atoms with Crippen molar-refractivity contribution < 1.29 is 9.18 Å². The number of nitrogens with two attached hydrogens (primary N) is 1. The monoisotopic (exact) mass is 244 g/mol. The molecule has 1 rings (SSSR count). The summed E-state index contributed by atoms with van der Waals surface area (Å²) in [5.74, 6) is -0.849. The van der Waals surface area contributed by atoms with Gasteiger partial charge in [-0.2, -0.15) is 0 Å². The fourth-order valence-corrected chi connectivity index (χ4v) is 1.60. The molecule has 0 unspecified atom stereocenters. The van der Waals surface area contributed by atoms with Crippen LogP contribution in [0.1, 0.15) is 18.5 Å². The number of likely N-dealkylation sites (N-methyl/N-ethyl adjacent to an activating group) is 1. The average molecular weight is 245 g/mol. The molecule has 0 aliphatic carbocycles. The van der Waals surface area contributed by atoms with Crippen molar-refractivity contribution >= 4 is 17.5 Å². The van der Waals surface area contributed by atoms with Gasteiger partial charge in [0, 0.05) is 6.04 Å². The first-order valence-corrected chi connectivity index (χ1v) is 5.23. The van der Waals surface area contributed by atoms with Gasteiger partial charge in [-0.25, -0.2) is 4.39 Å². The summed E-state index contributed by atoms with van der Waals surface area (Å²) in [7, 11) is 1.77. The lowest BCUT2D eigenvalue weighted by Crippen LogP contribution is -2.32. The third kappa shape index (κ3) is 3.18. The highest BCUT2D eigenvalue weighted by atomic mass is 35.5. The molecule has 0 saturated carbocycles. The van der Waals surface area contributed by atoms with Crippen LogP contribution in [0.15, 0.2) is 18.2 Å². The first-order chi connectivity index (χ1) is 7.41. The molecule has 3 nitrogen and oxygen atoms in total. The summed E-state index contributed by atoms with van der Waals surface area (Å²) in [5.41, 5.74) is 5.94. The van der Waals surface area contributed by atoms with Crippen LogP contribution in [0.2, 0.25) is 5.02 Å². The molecule has 1 amide bonds. The number of benzene rings is 1. The first-order valence-electron chi connectivity index (χ1n) is 4.85. The molecule has 0 spiro atoms. The maximum atomic E-state index is 13.0. The zero-order chi connectivity index (χ0) is 12.3. The third-order valence-electron chi connectivity index (χ3n) is 2.49. The predicted molar refractivity (Wildman–Crippen MR) is 61.6 cm³/mol. The van der Waals surface area contributed by atoms with Gasteiger partial charge in [0.1, 0.15) is 5.82 Å². The maximum Gasteiger partial charge on any atom is 0.231 e. The number of halogens is 2. The van der Waals surface area contributed by atoms with Crippen LogP contribution in [0.4, 0.5) is 4.39 Å². The Bertz CT molecular complexity index is 398. The molecule has 0 radical (unpaired) electrons. The maximum absolute atomic E-state index is 13.0. The van der Waals surface area contributed by atoms with E-state index in [0.29, 0.717) is 0 Å². The Balaban J connectivity index is 2.83. The summed E-state index contributed by atoms with van der Waals surface area (Å²) >= 11 is 5.68. The highest BCUT2D eigenvalue weighted by Crippen LogP contribution is 2.23. The van der Waals surface area contributed by atoms with Gasteiger partial charge in [-0.3, -0.25) is 9.69 Å². The molecule has 1 aromatic rings. The molecule has 1 atom stereocenters. The van der Waals surface area contributed by atoms with Crippen LogP contribution in [0.3, 0.4) is 0 Å². The number of amides is 1. The van der Waals surface area contributed by atoms with Crippen molar-refractivity contribution in [3.8, 4) is 0 Å². The van der Waals surface area contributed by atoms with E-state index >= 15 is 0 Å². The number of carbonyl (C=O) groups is 1. The van der Waals surface area contributed by atoms with E-state index in [-0.39, 0.29) is 17.6 Å². The second kappa shape index (κ2) is 5.27. The van der Waals surface area contributed by atoms with Crippen LogP contribution < -0.4 is 5.73 Å². The quantitative estimate of drug-likeness (QED) is 0.880. The average Bonchev–Trinajstić information content (AvgIpc) is 2.20. The van der Waals surface area contributed by atoms with Crippen molar-refractivity contribution in [2.45, 2.75) is 13.0 Å². The van der Waals surface area contributed by atoms with Gasteiger partial charge in [0.05, 0.1) is 11.6 Å². The number of primary amides is 1. The fraction of sp³-hybridized carbons (Fsp3) is 0.364. The summed E-state index contributed by atoms with van der Waals surface area (Å²) in [4.78, 5) is 12.5. The Kier molecular flexibility index (Phi) is 4.26. The van der Waals surface area contributed by atoms with E-state index < -0.39 is 11.7 Å². The van der Waals surface area contributed by atoms with Gasteiger partial charge >= 0.3 is 0 Å². The minimum Gasteiger partial charge on any atom is -0.369 e. The Labute approximate surface area is 99.0 Å². The SMILES string of the molecule is C[C@@H](c1ccc(F)c(Cl)c1)N(C)CC(N)=O. The van der Waals surface area contributed by atoms with Crippen LogP contribution in [-0.4, -0.2) is 24.4 Å². The van der Waals surface area contributed by atoms with Gasteiger partial charge in [-0.05, 0) is 31.7 Å². The number of rotatable bonds is 4. The lowest BCUT2D eigenvalue weighted by molar-refractivity contribution is -0.119. The van der Waals surface area contributed by atoms with Gasteiger partial charge in [0.25, 0.3) is 0 Å². The summed E-state index contributed by atoms with van der Waals surface area (Å²) in [6.45, 7) is 2.04. The fourth-order valence-electron chi connectivity index (χ4n) is 1.41. The van der Waals surface area contributed by atoms with Crippen molar-refractivity contribution in [3.63, 3.8) is 0 Å². The van der Waals surface area contributed by atoms with Gasteiger partial charge in [0.15, 0.2) is 0 Å². The van der Waals surface area contributed by atoms with Crippen molar-refractivity contribution in [3.05, 3.63) is 34.6 Å². The molecule has 88 valence electrons. The lowest BCUT2D eigenvalue weighted by atomic mass is 10.1. The second-order valence-corrected chi connectivity index (χ2v) is 4.14. The Morgan fingerprint density at radius 2 is 2.25 bits per heavy atom. The number of nitrogens with zero attached hydrogens (tertiary/aromatic N) is 1. The molecule has 5 heteroatoms. The summed E-state index contributed by atoms with van der Waals surface area (Å²) in [5, 5.41) is 0.0804. The summed E-state index contributed by atoms with van der Waals surface area (Å²) < 4.78 is 13.0. The van der Waals surface area contributed by atoms with Gasteiger partial charge in [-0.15, -0.1) is 0 Å². The van der Waals surface area contributed by atoms with E-state index in [9.17, 15) is 9.18 Å². The van der Waals surface area contributed by atoms with Crippen molar-refractivity contribution in [2.75, 3.05) is 13.6 Å². The highest BCUT2D eigenvalue weighted by Gasteiger charge is 2.14. The highest BCUT2D eigenvalue weighted by molar-refractivity contribution is 6.30. The zero-order valence-electron chi connectivity index (χ0n) is 9.21. The van der Waals surface area contributed by atoms with Crippen LogP contribution in [-0.2, 0) is 4.79 Å². The largest absolute Gasteiger partial charge is 0.369 e. The van der Waals surface area contributed by atoms with E-state index in [0.717, 1.165) is 5.56 Å². The molecule has 16 heavy (non-hydrogen) atoms. The molecule has 0 aliphatic rings. The smallest absolute Gasteiger partial charge is 0.231 e. The lowest BCUT2D eigenvalue weighted by Gasteiger charge is -2.23. The van der Waals surface area contributed by atoms with Crippen LogP contribution in [0.25, 0.3) is 0 Å². The normalized spacial score (nSPS) is 12.8. The molecule has 0 bridgehead atoms. The van der Waals surface area contributed by atoms with Gasteiger partial charge in [-0.1, -0.05) is 17.7 Å². The molecule has 0 aliphatic heterocycles. The number of hydrogen-bond donors (Lipinski definition) is 1. The van der Waals surface area contributed by atoms with Crippen molar-refractivity contribution in [1.82, 2.24) is 4.90 Å². The zero-order valence-corrected chi connectivity index (χ0v) is 9.96. The third-order valence-corrected chi connectivity index (χ3v) is 2.78. The van der Waals surface area contributed by atoms with Crippen molar-refractivity contribution in [1.29, 1.82) is 0 Å². The van der Waals surface area contributed by atoms with Crippen LogP contribution >= 0.6 is 11.6 Å². The molecule has 1 aromatic carbocycles. The second-order valence-electron chi connectivity index (χ2n) is 3.73. The standard InChI is InChI=1S/C11H14ClFN2O/c1-7(15(2)6-11(14)16)8-3-4-10(13)9(12)5-8/h3-5,7H,6H2,1-2H3,(H2,14,16)/t7-/m0/s1. The Hall–Kier alpha value is -1.13. The van der Waals surface area contributed by atoms with Gasteiger partial charge in [0.2, 0.25) is 5.91 Å². The van der Waals surface area contributed by atoms with Crippen molar-refractivity contribution in [2.24, 2.45) is 5.73 Å². The number of carbonyl (C=O) groups excluding carboxylic acids is 1. The van der Waals surface area contributed by atoms with E-state index in [1.54, 1.807) is 24.1 Å². The van der Waals surface area contributed by atoms with Crippen LogP contribution in [0, 0.1) is 5.82 Å². The molecular formula is C11H14ClFN2O. The Morgan fingerprint density at radius 3 is 2.75 bits per heavy atom. The predicted octanol–water partition coefficient (Wildman–Crippen LogP) is 1.96. The molecule has 0 heterocycles. The molecule has 0 saturated heterocycles. The molecule has 0 fully saturated rings. The van der Waals surface area contributed by atoms with E-state index in [4.69, 9.17) is 17.3 Å².